The standard InChI is InChI=1S/C30H31N3O2/c1-21-8-3-5-10-25(21)28(34)32-24-15-13-22(14-16-24)29(35)33-19-18-30(17-7-12-27(30)31-2)20-23-9-4-6-11-26(23)33/h3-6,8-11,13-16H,7,12,17-20H2,1-2H3,(H,32,34). The second-order valence-electron chi connectivity index (χ2n) is 9.66. The molecule has 2 aliphatic rings. The number of carbonyl (C=O) groups excluding carboxylic acids is 2. The molecular formula is C30H31N3O2. The molecular weight excluding hydrogens is 434 g/mol. The summed E-state index contributed by atoms with van der Waals surface area (Å²) in [6.07, 6.45) is 5.21. The van der Waals surface area contributed by atoms with E-state index in [1.54, 1.807) is 24.3 Å². The van der Waals surface area contributed by atoms with Crippen molar-refractivity contribution in [3.63, 3.8) is 0 Å². The summed E-state index contributed by atoms with van der Waals surface area (Å²) in [4.78, 5) is 32.9. The van der Waals surface area contributed by atoms with Gasteiger partial charge in [0.15, 0.2) is 0 Å². The zero-order valence-corrected chi connectivity index (χ0v) is 20.4. The molecule has 3 aromatic rings. The predicted octanol–water partition coefficient (Wildman–Crippen LogP) is 6.08. The van der Waals surface area contributed by atoms with Crippen molar-refractivity contribution in [2.24, 2.45) is 10.4 Å². The highest BCUT2D eigenvalue weighted by molar-refractivity contribution is 6.08. The van der Waals surface area contributed by atoms with Gasteiger partial charge < -0.3 is 10.2 Å². The van der Waals surface area contributed by atoms with Gasteiger partial charge in [0.2, 0.25) is 0 Å². The summed E-state index contributed by atoms with van der Waals surface area (Å²) in [5.74, 6) is -0.168. The lowest BCUT2D eigenvalue weighted by Gasteiger charge is -2.29. The number of para-hydroxylation sites is 1. The Bertz CT molecular complexity index is 1290. The summed E-state index contributed by atoms with van der Waals surface area (Å²) >= 11 is 0. The lowest BCUT2D eigenvalue weighted by atomic mass is 9.76. The van der Waals surface area contributed by atoms with Crippen molar-refractivity contribution in [3.8, 4) is 0 Å². The van der Waals surface area contributed by atoms with Gasteiger partial charge in [-0.15, -0.1) is 0 Å². The molecule has 5 nitrogen and oxygen atoms in total. The van der Waals surface area contributed by atoms with Gasteiger partial charge in [0.05, 0.1) is 0 Å². The molecule has 1 spiro atoms. The average Bonchev–Trinajstić information content (AvgIpc) is 3.19. The number of nitrogens with one attached hydrogen (secondary N) is 1. The maximum Gasteiger partial charge on any atom is 0.258 e. The minimum Gasteiger partial charge on any atom is -0.322 e. The van der Waals surface area contributed by atoms with Crippen molar-refractivity contribution in [3.05, 3.63) is 95.1 Å². The number of hydrogen-bond donors (Lipinski definition) is 1. The Morgan fingerprint density at radius 3 is 2.46 bits per heavy atom. The summed E-state index contributed by atoms with van der Waals surface area (Å²) < 4.78 is 0. The normalized spacial score (nSPS) is 20.5. The zero-order valence-electron chi connectivity index (χ0n) is 20.4. The second-order valence-corrected chi connectivity index (χ2v) is 9.66. The van der Waals surface area contributed by atoms with E-state index in [0.717, 1.165) is 36.9 Å². The van der Waals surface area contributed by atoms with E-state index in [1.165, 1.54) is 17.7 Å². The number of aryl methyl sites for hydroxylation is 1. The average molecular weight is 466 g/mol. The first-order valence-electron chi connectivity index (χ1n) is 12.3. The second kappa shape index (κ2) is 9.49. The number of rotatable bonds is 3. The third-order valence-corrected chi connectivity index (χ3v) is 7.60. The molecule has 0 radical (unpaired) electrons. The van der Waals surface area contributed by atoms with Gasteiger partial charge in [-0.25, -0.2) is 0 Å². The van der Waals surface area contributed by atoms with Crippen molar-refractivity contribution in [2.45, 2.75) is 39.0 Å². The fourth-order valence-corrected chi connectivity index (χ4v) is 5.72. The largest absolute Gasteiger partial charge is 0.322 e. The van der Waals surface area contributed by atoms with Crippen LogP contribution in [0, 0.1) is 12.3 Å². The van der Waals surface area contributed by atoms with Crippen molar-refractivity contribution in [1.29, 1.82) is 0 Å². The van der Waals surface area contributed by atoms with Crippen LogP contribution >= 0.6 is 0 Å². The van der Waals surface area contributed by atoms with E-state index < -0.39 is 0 Å². The van der Waals surface area contributed by atoms with E-state index >= 15 is 0 Å². The summed E-state index contributed by atoms with van der Waals surface area (Å²) in [7, 11) is 1.90. The van der Waals surface area contributed by atoms with Crippen LogP contribution in [0.5, 0.6) is 0 Å². The SMILES string of the molecule is CN=C1CCCC12CCN(C(=O)c1ccc(NC(=O)c3ccccc3C)cc1)c1ccccc1C2. The van der Waals surface area contributed by atoms with Crippen LogP contribution in [0.1, 0.15) is 57.5 Å². The highest BCUT2D eigenvalue weighted by Gasteiger charge is 2.42. The van der Waals surface area contributed by atoms with E-state index in [4.69, 9.17) is 0 Å². The number of carbonyl (C=O) groups is 2. The van der Waals surface area contributed by atoms with Crippen LogP contribution in [0.2, 0.25) is 0 Å². The highest BCUT2D eigenvalue weighted by Crippen LogP contribution is 2.46. The molecule has 35 heavy (non-hydrogen) atoms. The molecule has 1 unspecified atom stereocenters. The predicted molar refractivity (Wildman–Crippen MR) is 142 cm³/mol. The maximum absolute atomic E-state index is 13.7. The molecule has 2 amide bonds. The number of aliphatic imine (C=N–C) groups is 1. The minimum atomic E-state index is -0.154. The molecule has 1 aliphatic heterocycles. The van der Waals surface area contributed by atoms with Gasteiger partial charge in [-0.05, 0) is 86.6 Å². The topological polar surface area (TPSA) is 61.8 Å². The molecule has 0 aromatic heterocycles. The fourth-order valence-electron chi connectivity index (χ4n) is 5.72. The molecule has 0 bridgehead atoms. The number of anilines is 2. The molecule has 1 heterocycles. The van der Waals surface area contributed by atoms with Crippen LogP contribution in [-0.2, 0) is 6.42 Å². The first kappa shape index (κ1) is 23.0. The first-order valence-corrected chi connectivity index (χ1v) is 12.3. The molecule has 0 saturated heterocycles. The summed E-state index contributed by atoms with van der Waals surface area (Å²) in [5.41, 5.74) is 6.41. The molecule has 178 valence electrons. The lowest BCUT2D eigenvalue weighted by molar-refractivity contribution is 0.0984. The molecule has 1 fully saturated rings. The Labute approximate surface area is 206 Å². The lowest BCUT2D eigenvalue weighted by Crippen LogP contribution is -2.35. The van der Waals surface area contributed by atoms with Gasteiger partial charge in [-0.1, -0.05) is 36.4 Å². The fraction of sp³-hybridized carbons (Fsp3) is 0.300. The van der Waals surface area contributed by atoms with Crippen LogP contribution in [-0.4, -0.2) is 31.1 Å². The van der Waals surface area contributed by atoms with Gasteiger partial charge in [-0.2, -0.15) is 0 Å². The Hall–Kier alpha value is -3.73. The highest BCUT2D eigenvalue weighted by atomic mass is 16.2. The first-order chi connectivity index (χ1) is 17.0. The van der Waals surface area contributed by atoms with Gasteiger partial charge in [-0.3, -0.25) is 14.6 Å². The number of nitrogens with zero attached hydrogens (tertiary/aromatic N) is 2. The molecule has 1 N–H and O–H groups in total. The molecule has 1 atom stereocenters. The van der Waals surface area contributed by atoms with Crippen LogP contribution in [0.4, 0.5) is 11.4 Å². The van der Waals surface area contributed by atoms with E-state index in [-0.39, 0.29) is 17.2 Å². The van der Waals surface area contributed by atoms with Gasteiger partial charge in [0, 0.05) is 47.2 Å². The van der Waals surface area contributed by atoms with Crippen LogP contribution < -0.4 is 10.2 Å². The molecule has 5 rings (SSSR count). The molecule has 1 saturated carbocycles. The maximum atomic E-state index is 13.7. The van der Waals surface area contributed by atoms with E-state index in [0.29, 0.717) is 23.4 Å². The summed E-state index contributed by atoms with van der Waals surface area (Å²) in [5, 5.41) is 2.94. The van der Waals surface area contributed by atoms with Crippen LogP contribution in [0.3, 0.4) is 0 Å². The van der Waals surface area contributed by atoms with Crippen LogP contribution in [0.15, 0.2) is 77.8 Å². The zero-order chi connectivity index (χ0) is 24.4. The van der Waals surface area contributed by atoms with E-state index in [2.05, 4.69) is 28.5 Å². The summed E-state index contributed by atoms with van der Waals surface area (Å²) in [6, 6.07) is 23.0. The molecule has 5 heteroatoms. The van der Waals surface area contributed by atoms with Crippen LogP contribution in [0.25, 0.3) is 0 Å². The number of hydrogen-bond acceptors (Lipinski definition) is 3. The molecule has 3 aromatic carbocycles. The van der Waals surface area contributed by atoms with Gasteiger partial charge in [0.1, 0.15) is 0 Å². The third-order valence-electron chi connectivity index (χ3n) is 7.60. The van der Waals surface area contributed by atoms with Crippen molar-refractivity contribution in [2.75, 3.05) is 23.8 Å². The smallest absolute Gasteiger partial charge is 0.258 e. The van der Waals surface area contributed by atoms with Gasteiger partial charge >= 0.3 is 0 Å². The monoisotopic (exact) mass is 465 g/mol. The Balaban J connectivity index is 1.37. The van der Waals surface area contributed by atoms with E-state index in [1.807, 2.05) is 49.2 Å². The number of benzene rings is 3. The number of amides is 2. The third kappa shape index (κ3) is 4.39. The van der Waals surface area contributed by atoms with E-state index in [9.17, 15) is 9.59 Å². The minimum absolute atomic E-state index is 0.0146. The summed E-state index contributed by atoms with van der Waals surface area (Å²) in [6.45, 7) is 2.58. The van der Waals surface area contributed by atoms with Gasteiger partial charge in [0.25, 0.3) is 11.8 Å². The molecule has 1 aliphatic carbocycles. The number of fused-ring (bicyclic) bond motifs is 1. The Morgan fingerprint density at radius 1 is 0.943 bits per heavy atom. The van der Waals surface area contributed by atoms with Crippen molar-refractivity contribution < 1.29 is 9.59 Å². The quantitative estimate of drug-likeness (QED) is 0.509. The Morgan fingerprint density at radius 2 is 1.69 bits per heavy atom. The van der Waals surface area contributed by atoms with Crippen molar-refractivity contribution in [1.82, 2.24) is 0 Å². The Kier molecular flexibility index (Phi) is 6.25. The van der Waals surface area contributed by atoms with Crippen molar-refractivity contribution >= 4 is 28.9 Å².